The first kappa shape index (κ1) is 15.2. The SMILES string of the molecule is CCN(Cc1ccncc1)C(=O)c1noc(C)c1COC. The predicted octanol–water partition coefficient (Wildman–Crippen LogP) is 2.19. The zero-order valence-corrected chi connectivity index (χ0v) is 12.5. The van der Waals surface area contributed by atoms with E-state index in [2.05, 4.69) is 10.1 Å². The van der Waals surface area contributed by atoms with Gasteiger partial charge in [-0.1, -0.05) is 5.16 Å². The van der Waals surface area contributed by atoms with E-state index in [4.69, 9.17) is 9.26 Å². The third-order valence-electron chi connectivity index (χ3n) is 3.27. The Morgan fingerprint density at radius 3 is 2.71 bits per heavy atom. The summed E-state index contributed by atoms with van der Waals surface area (Å²) in [4.78, 5) is 18.3. The Morgan fingerprint density at radius 1 is 1.38 bits per heavy atom. The maximum atomic E-state index is 12.6. The van der Waals surface area contributed by atoms with Crippen molar-refractivity contribution >= 4 is 5.91 Å². The molecule has 0 saturated heterocycles. The van der Waals surface area contributed by atoms with Crippen molar-refractivity contribution in [2.45, 2.75) is 27.0 Å². The molecule has 6 nitrogen and oxygen atoms in total. The first-order valence-corrected chi connectivity index (χ1v) is 6.79. The Morgan fingerprint density at radius 2 is 2.10 bits per heavy atom. The Labute approximate surface area is 123 Å². The lowest BCUT2D eigenvalue weighted by Crippen LogP contribution is -2.31. The number of aromatic nitrogens is 2. The lowest BCUT2D eigenvalue weighted by atomic mass is 10.1. The highest BCUT2D eigenvalue weighted by atomic mass is 16.5. The second kappa shape index (κ2) is 6.99. The van der Waals surface area contributed by atoms with Gasteiger partial charge in [0.05, 0.1) is 12.2 Å². The predicted molar refractivity (Wildman–Crippen MR) is 76.6 cm³/mol. The smallest absolute Gasteiger partial charge is 0.276 e. The van der Waals surface area contributed by atoms with Crippen molar-refractivity contribution in [2.24, 2.45) is 0 Å². The van der Waals surface area contributed by atoms with Gasteiger partial charge in [0, 0.05) is 32.6 Å². The number of aryl methyl sites for hydroxylation is 1. The van der Waals surface area contributed by atoms with Crippen molar-refractivity contribution < 1.29 is 14.1 Å². The van der Waals surface area contributed by atoms with E-state index in [0.717, 1.165) is 5.56 Å². The van der Waals surface area contributed by atoms with E-state index in [-0.39, 0.29) is 5.91 Å². The van der Waals surface area contributed by atoms with Crippen LogP contribution < -0.4 is 0 Å². The van der Waals surface area contributed by atoms with Gasteiger partial charge in [0.15, 0.2) is 5.69 Å². The standard InChI is InChI=1S/C15H19N3O3/c1-4-18(9-12-5-7-16-8-6-12)15(19)14-13(10-20-3)11(2)21-17-14/h5-8H,4,9-10H2,1-3H3. The quantitative estimate of drug-likeness (QED) is 0.815. The highest BCUT2D eigenvalue weighted by Gasteiger charge is 2.24. The van der Waals surface area contributed by atoms with Gasteiger partial charge in [-0.3, -0.25) is 9.78 Å². The first-order valence-electron chi connectivity index (χ1n) is 6.79. The summed E-state index contributed by atoms with van der Waals surface area (Å²) in [7, 11) is 1.58. The second-order valence-corrected chi connectivity index (χ2v) is 4.67. The van der Waals surface area contributed by atoms with Crippen LogP contribution in [0.1, 0.15) is 34.3 Å². The molecule has 21 heavy (non-hydrogen) atoms. The molecule has 1 amide bonds. The molecule has 0 bridgehead atoms. The molecule has 2 aromatic rings. The largest absolute Gasteiger partial charge is 0.380 e. The number of carbonyl (C=O) groups is 1. The fourth-order valence-corrected chi connectivity index (χ4v) is 2.06. The molecule has 0 radical (unpaired) electrons. The first-order chi connectivity index (χ1) is 10.2. The zero-order valence-electron chi connectivity index (χ0n) is 12.5. The van der Waals surface area contributed by atoms with Crippen LogP contribution in [-0.2, 0) is 17.9 Å². The summed E-state index contributed by atoms with van der Waals surface area (Å²) in [5, 5.41) is 3.89. The van der Waals surface area contributed by atoms with Crippen LogP contribution in [0.4, 0.5) is 0 Å². The van der Waals surface area contributed by atoms with Gasteiger partial charge in [-0.05, 0) is 31.5 Å². The van der Waals surface area contributed by atoms with Crippen LogP contribution in [0.2, 0.25) is 0 Å². The maximum absolute atomic E-state index is 12.6. The number of rotatable bonds is 6. The molecule has 2 rings (SSSR count). The van der Waals surface area contributed by atoms with Gasteiger partial charge in [0.1, 0.15) is 5.76 Å². The number of methoxy groups -OCH3 is 1. The number of pyridine rings is 1. The summed E-state index contributed by atoms with van der Waals surface area (Å²) in [6.07, 6.45) is 3.43. The number of nitrogens with zero attached hydrogens (tertiary/aromatic N) is 3. The number of hydrogen-bond acceptors (Lipinski definition) is 5. The van der Waals surface area contributed by atoms with Crippen molar-refractivity contribution in [1.82, 2.24) is 15.0 Å². The normalized spacial score (nSPS) is 10.6. The molecule has 0 atom stereocenters. The Kier molecular flexibility index (Phi) is 5.05. The van der Waals surface area contributed by atoms with Crippen LogP contribution in [0.3, 0.4) is 0 Å². The zero-order chi connectivity index (χ0) is 15.2. The Hall–Kier alpha value is -2.21. The molecule has 0 aliphatic heterocycles. The third kappa shape index (κ3) is 3.46. The molecule has 0 aromatic carbocycles. The number of carbonyl (C=O) groups excluding carboxylic acids is 1. The molecular weight excluding hydrogens is 270 g/mol. The van der Waals surface area contributed by atoms with E-state index in [1.54, 1.807) is 31.3 Å². The van der Waals surface area contributed by atoms with Crippen LogP contribution in [0.5, 0.6) is 0 Å². The van der Waals surface area contributed by atoms with Crippen LogP contribution in [0, 0.1) is 6.92 Å². The Bertz CT molecular complexity index is 595. The molecule has 112 valence electrons. The van der Waals surface area contributed by atoms with E-state index < -0.39 is 0 Å². The van der Waals surface area contributed by atoms with Gasteiger partial charge < -0.3 is 14.2 Å². The molecule has 0 unspecified atom stereocenters. The lowest BCUT2D eigenvalue weighted by Gasteiger charge is -2.20. The fourth-order valence-electron chi connectivity index (χ4n) is 2.06. The summed E-state index contributed by atoms with van der Waals surface area (Å²) in [5.74, 6) is 0.457. The van der Waals surface area contributed by atoms with Crippen LogP contribution in [0.25, 0.3) is 0 Å². The minimum Gasteiger partial charge on any atom is -0.380 e. The molecule has 0 saturated carbocycles. The molecule has 0 spiro atoms. The van der Waals surface area contributed by atoms with Gasteiger partial charge in [-0.2, -0.15) is 0 Å². The van der Waals surface area contributed by atoms with Crippen molar-refractivity contribution in [3.63, 3.8) is 0 Å². The summed E-state index contributed by atoms with van der Waals surface area (Å²) in [6.45, 7) is 5.11. The summed E-state index contributed by atoms with van der Waals surface area (Å²) in [6, 6.07) is 3.78. The van der Waals surface area contributed by atoms with Crippen molar-refractivity contribution in [3.05, 3.63) is 47.1 Å². The van der Waals surface area contributed by atoms with Gasteiger partial charge in [-0.15, -0.1) is 0 Å². The van der Waals surface area contributed by atoms with Gasteiger partial charge >= 0.3 is 0 Å². The summed E-state index contributed by atoms with van der Waals surface area (Å²) < 4.78 is 10.2. The number of hydrogen-bond donors (Lipinski definition) is 0. The monoisotopic (exact) mass is 289 g/mol. The highest BCUT2D eigenvalue weighted by molar-refractivity contribution is 5.93. The third-order valence-corrected chi connectivity index (χ3v) is 3.27. The summed E-state index contributed by atoms with van der Waals surface area (Å²) in [5.41, 5.74) is 2.05. The van der Waals surface area contributed by atoms with Crippen LogP contribution in [-0.4, -0.2) is 34.6 Å². The highest BCUT2D eigenvalue weighted by Crippen LogP contribution is 2.17. The lowest BCUT2D eigenvalue weighted by molar-refractivity contribution is 0.0738. The number of amides is 1. The van der Waals surface area contributed by atoms with Crippen molar-refractivity contribution in [1.29, 1.82) is 0 Å². The van der Waals surface area contributed by atoms with Crippen LogP contribution in [0.15, 0.2) is 29.0 Å². The molecule has 0 aliphatic carbocycles. The minimum atomic E-state index is -0.154. The topological polar surface area (TPSA) is 68.5 Å². The summed E-state index contributed by atoms with van der Waals surface area (Å²) >= 11 is 0. The molecule has 0 N–H and O–H groups in total. The Balaban J connectivity index is 2.20. The van der Waals surface area contributed by atoms with Gasteiger partial charge in [0.25, 0.3) is 5.91 Å². The van der Waals surface area contributed by atoms with Crippen LogP contribution >= 0.6 is 0 Å². The van der Waals surface area contributed by atoms with E-state index in [0.29, 0.717) is 36.7 Å². The van der Waals surface area contributed by atoms with E-state index in [1.807, 2.05) is 19.1 Å². The maximum Gasteiger partial charge on any atom is 0.276 e. The van der Waals surface area contributed by atoms with Gasteiger partial charge in [0.2, 0.25) is 0 Å². The fraction of sp³-hybridized carbons (Fsp3) is 0.400. The number of ether oxygens (including phenoxy) is 1. The van der Waals surface area contributed by atoms with E-state index >= 15 is 0 Å². The van der Waals surface area contributed by atoms with E-state index in [1.165, 1.54) is 0 Å². The minimum absolute atomic E-state index is 0.154. The molecule has 0 aliphatic rings. The average molecular weight is 289 g/mol. The molecule has 0 fully saturated rings. The van der Waals surface area contributed by atoms with Crippen molar-refractivity contribution in [3.8, 4) is 0 Å². The van der Waals surface area contributed by atoms with Gasteiger partial charge in [-0.25, -0.2) is 0 Å². The molecular formula is C15H19N3O3. The molecule has 2 heterocycles. The second-order valence-electron chi connectivity index (χ2n) is 4.67. The molecule has 2 aromatic heterocycles. The van der Waals surface area contributed by atoms with E-state index in [9.17, 15) is 4.79 Å². The molecule has 6 heteroatoms. The van der Waals surface area contributed by atoms with Crippen molar-refractivity contribution in [2.75, 3.05) is 13.7 Å². The average Bonchev–Trinajstić information content (AvgIpc) is 2.87.